The fourth-order valence-electron chi connectivity index (χ4n) is 2.23. The predicted molar refractivity (Wildman–Crippen MR) is 94.5 cm³/mol. The smallest absolute Gasteiger partial charge is 0.296 e. The average molecular weight is 345 g/mol. The van der Waals surface area contributed by atoms with Crippen molar-refractivity contribution in [2.24, 2.45) is 0 Å². The molecule has 0 radical (unpaired) electrons. The number of amides is 1. The van der Waals surface area contributed by atoms with Gasteiger partial charge in [0.05, 0.1) is 37.4 Å². The molecule has 2 aromatic rings. The molecule has 0 saturated carbocycles. The number of nitrogens with one attached hydrogen (secondary N) is 2. The minimum atomic E-state index is -0.574. The highest BCUT2D eigenvalue weighted by Crippen LogP contribution is 2.29. The normalized spacial score (nSPS) is 10.0. The van der Waals surface area contributed by atoms with Gasteiger partial charge in [0, 0.05) is 0 Å². The van der Waals surface area contributed by atoms with Crippen molar-refractivity contribution >= 4 is 23.0 Å². The van der Waals surface area contributed by atoms with Gasteiger partial charge in [0.2, 0.25) is 5.91 Å². The molecule has 0 saturated heterocycles. The van der Waals surface area contributed by atoms with Crippen molar-refractivity contribution in [2.75, 3.05) is 31.4 Å². The largest absolute Gasteiger partial charge is 0.496 e. The molecule has 0 fully saturated rings. The Hall–Kier alpha value is -3.29. The molecule has 2 aromatic carbocycles. The van der Waals surface area contributed by atoms with Crippen LogP contribution in [0.4, 0.5) is 17.1 Å². The fraction of sp³-hybridized carbons (Fsp3) is 0.235. The number of benzene rings is 2. The van der Waals surface area contributed by atoms with Crippen molar-refractivity contribution < 1.29 is 19.2 Å². The van der Waals surface area contributed by atoms with Crippen molar-refractivity contribution in [2.45, 2.75) is 6.92 Å². The summed E-state index contributed by atoms with van der Waals surface area (Å²) in [6, 6.07) is 9.77. The maximum absolute atomic E-state index is 12.1. The van der Waals surface area contributed by atoms with E-state index in [4.69, 9.17) is 9.47 Å². The molecule has 0 bridgehead atoms. The lowest BCUT2D eigenvalue weighted by Gasteiger charge is -2.12. The Morgan fingerprint density at radius 3 is 2.52 bits per heavy atom. The number of nitrogens with zero attached hydrogens (tertiary/aromatic N) is 1. The number of nitro groups is 1. The van der Waals surface area contributed by atoms with Gasteiger partial charge in [0.25, 0.3) is 5.69 Å². The van der Waals surface area contributed by atoms with Gasteiger partial charge in [-0.25, -0.2) is 0 Å². The topological polar surface area (TPSA) is 103 Å². The predicted octanol–water partition coefficient (Wildman–Crippen LogP) is 2.97. The third-order valence-electron chi connectivity index (χ3n) is 3.47. The van der Waals surface area contributed by atoms with Gasteiger partial charge in [0.1, 0.15) is 17.2 Å². The lowest BCUT2D eigenvalue weighted by atomic mass is 10.2. The summed E-state index contributed by atoms with van der Waals surface area (Å²) in [6.07, 6.45) is 0. The molecule has 0 spiro atoms. The number of hydrogen-bond acceptors (Lipinski definition) is 6. The van der Waals surface area contributed by atoms with Crippen molar-refractivity contribution in [3.63, 3.8) is 0 Å². The summed E-state index contributed by atoms with van der Waals surface area (Å²) in [5, 5.41) is 16.6. The van der Waals surface area contributed by atoms with E-state index in [9.17, 15) is 14.9 Å². The van der Waals surface area contributed by atoms with Gasteiger partial charge in [-0.1, -0.05) is 6.07 Å². The minimum Gasteiger partial charge on any atom is -0.496 e. The zero-order valence-corrected chi connectivity index (χ0v) is 14.2. The molecule has 0 atom stereocenters. The molecule has 1 amide bonds. The second-order valence-corrected chi connectivity index (χ2v) is 5.25. The third kappa shape index (κ3) is 4.60. The van der Waals surface area contributed by atoms with Gasteiger partial charge in [-0.2, -0.15) is 0 Å². The number of carbonyl (C=O) groups is 1. The Balaban J connectivity index is 2.08. The molecular formula is C17H19N3O5. The summed E-state index contributed by atoms with van der Waals surface area (Å²) in [5.74, 6) is 0.526. The van der Waals surface area contributed by atoms with Crippen molar-refractivity contribution in [3.05, 3.63) is 52.1 Å². The molecule has 2 N–H and O–H groups in total. The van der Waals surface area contributed by atoms with E-state index in [0.717, 1.165) is 5.56 Å². The number of methoxy groups -OCH3 is 2. The summed E-state index contributed by atoms with van der Waals surface area (Å²) >= 11 is 0. The highest BCUT2D eigenvalue weighted by atomic mass is 16.6. The first-order valence-electron chi connectivity index (χ1n) is 7.45. The van der Waals surface area contributed by atoms with Gasteiger partial charge in [-0.15, -0.1) is 0 Å². The zero-order valence-electron chi connectivity index (χ0n) is 14.2. The molecule has 0 aliphatic rings. The van der Waals surface area contributed by atoms with E-state index < -0.39 is 10.8 Å². The van der Waals surface area contributed by atoms with Crippen LogP contribution in [0, 0.1) is 17.0 Å². The number of aryl methyl sites for hydroxylation is 1. The second kappa shape index (κ2) is 8.00. The molecule has 0 heterocycles. The highest BCUT2D eigenvalue weighted by Gasteiger charge is 2.17. The molecule has 25 heavy (non-hydrogen) atoms. The van der Waals surface area contributed by atoms with Crippen LogP contribution in [0.2, 0.25) is 0 Å². The van der Waals surface area contributed by atoms with Crippen LogP contribution in [0.1, 0.15) is 5.56 Å². The van der Waals surface area contributed by atoms with Crippen LogP contribution >= 0.6 is 0 Å². The van der Waals surface area contributed by atoms with E-state index in [2.05, 4.69) is 10.6 Å². The third-order valence-corrected chi connectivity index (χ3v) is 3.47. The van der Waals surface area contributed by atoms with Gasteiger partial charge in [-0.3, -0.25) is 14.9 Å². The zero-order chi connectivity index (χ0) is 18.4. The van der Waals surface area contributed by atoms with Crippen LogP contribution in [0.25, 0.3) is 0 Å². The number of rotatable bonds is 7. The van der Waals surface area contributed by atoms with Gasteiger partial charge in [0.15, 0.2) is 0 Å². The highest BCUT2D eigenvalue weighted by molar-refractivity contribution is 5.96. The first-order chi connectivity index (χ1) is 11.9. The number of hydrogen-bond donors (Lipinski definition) is 2. The van der Waals surface area contributed by atoms with Gasteiger partial charge >= 0.3 is 0 Å². The quantitative estimate of drug-likeness (QED) is 0.591. The lowest BCUT2D eigenvalue weighted by Crippen LogP contribution is -2.22. The van der Waals surface area contributed by atoms with Crippen LogP contribution in [-0.2, 0) is 4.79 Å². The number of carbonyl (C=O) groups excluding carboxylic acids is 1. The van der Waals surface area contributed by atoms with E-state index in [1.807, 2.05) is 19.1 Å². The van der Waals surface area contributed by atoms with Crippen LogP contribution in [0.15, 0.2) is 36.4 Å². The lowest BCUT2D eigenvalue weighted by molar-refractivity contribution is -0.384. The van der Waals surface area contributed by atoms with E-state index >= 15 is 0 Å². The number of ether oxygens (including phenoxy) is 2. The van der Waals surface area contributed by atoms with Gasteiger partial charge < -0.3 is 20.1 Å². The molecule has 0 unspecified atom stereocenters. The van der Waals surface area contributed by atoms with E-state index in [1.54, 1.807) is 12.1 Å². The molecule has 0 aliphatic carbocycles. The number of nitro benzene ring substituents is 1. The van der Waals surface area contributed by atoms with Crippen molar-refractivity contribution in [1.82, 2.24) is 0 Å². The molecular weight excluding hydrogens is 326 g/mol. The van der Waals surface area contributed by atoms with Crippen LogP contribution in [0.5, 0.6) is 11.5 Å². The first-order valence-corrected chi connectivity index (χ1v) is 7.45. The Labute approximate surface area is 144 Å². The molecule has 2 rings (SSSR count). The van der Waals surface area contributed by atoms with E-state index in [-0.39, 0.29) is 17.9 Å². The maximum atomic E-state index is 12.1. The van der Waals surface area contributed by atoms with E-state index in [0.29, 0.717) is 17.2 Å². The van der Waals surface area contributed by atoms with Crippen molar-refractivity contribution in [3.8, 4) is 11.5 Å². The number of anilines is 2. The molecule has 8 nitrogen and oxygen atoms in total. The monoisotopic (exact) mass is 345 g/mol. The fourth-order valence-corrected chi connectivity index (χ4v) is 2.23. The van der Waals surface area contributed by atoms with Crippen molar-refractivity contribution in [1.29, 1.82) is 0 Å². The summed E-state index contributed by atoms with van der Waals surface area (Å²) in [4.78, 5) is 22.7. The maximum Gasteiger partial charge on any atom is 0.296 e. The SMILES string of the molecule is COc1ccc(NC(=O)CNc2cc(C)ccc2OC)c([N+](=O)[O-])c1. The molecule has 0 aromatic heterocycles. The first kappa shape index (κ1) is 18.1. The Morgan fingerprint density at radius 2 is 1.88 bits per heavy atom. The summed E-state index contributed by atoms with van der Waals surface area (Å²) in [5.41, 5.74) is 1.55. The van der Waals surface area contributed by atoms with Gasteiger partial charge in [-0.05, 0) is 36.8 Å². The second-order valence-electron chi connectivity index (χ2n) is 5.25. The molecule has 132 valence electrons. The minimum absolute atomic E-state index is 0.0665. The molecule has 0 aliphatic heterocycles. The van der Waals surface area contributed by atoms with Crippen LogP contribution in [-0.4, -0.2) is 31.6 Å². The Kier molecular flexibility index (Phi) is 5.78. The van der Waals surface area contributed by atoms with Crippen LogP contribution < -0.4 is 20.1 Å². The van der Waals surface area contributed by atoms with E-state index in [1.165, 1.54) is 26.4 Å². The Bertz CT molecular complexity index is 792. The Morgan fingerprint density at radius 1 is 1.12 bits per heavy atom. The summed E-state index contributed by atoms with van der Waals surface area (Å²) < 4.78 is 10.2. The van der Waals surface area contributed by atoms with Crippen LogP contribution in [0.3, 0.4) is 0 Å². The average Bonchev–Trinajstić information content (AvgIpc) is 2.60. The summed E-state index contributed by atoms with van der Waals surface area (Å²) in [6.45, 7) is 1.86. The summed E-state index contributed by atoms with van der Waals surface area (Å²) in [7, 11) is 2.95. The standard InChI is InChI=1S/C17H19N3O5/c1-11-4-7-16(25-3)14(8-11)18-10-17(21)19-13-6-5-12(24-2)9-15(13)20(22)23/h4-9,18H,10H2,1-3H3,(H,19,21). The molecule has 8 heteroatoms.